The van der Waals surface area contributed by atoms with Crippen LogP contribution in [0.15, 0.2) is 6.20 Å². The summed E-state index contributed by atoms with van der Waals surface area (Å²) in [5, 5.41) is 17.1. The van der Waals surface area contributed by atoms with Crippen LogP contribution in [0.4, 0.5) is 17.5 Å². The number of aromatic nitrogens is 2. The molecule has 2 unspecified atom stereocenters. The molecule has 20 heavy (non-hydrogen) atoms. The van der Waals surface area contributed by atoms with E-state index in [9.17, 15) is 10.1 Å². The fourth-order valence-corrected chi connectivity index (χ4v) is 2.14. The summed E-state index contributed by atoms with van der Waals surface area (Å²) in [6, 6.07) is 0.0561. The molecule has 1 saturated heterocycles. The first kappa shape index (κ1) is 14.4. The smallest absolute Gasteiger partial charge is 0.329 e. The van der Waals surface area contributed by atoms with Gasteiger partial charge >= 0.3 is 5.69 Å². The molecular formula is C12H19N5O3. The lowest BCUT2D eigenvalue weighted by Crippen LogP contribution is -2.27. The summed E-state index contributed by atoms with van der Waals surface area (Å²) in [5.41, 5.74) is -0.114. The Labute approximate surface area is 117 Å². The maximum Gasteiger partial charge on any atom is 0.329 e. The van der Waals surface area contributed by atoms with E-state index in [0.29, 0.717) is 25.0 Å². The average molecular weight is 281 g/mol. The molecule has 1 fully saturated rings. The van der Waals surface area contributed by atoms with E-state index < -0.39 is 4.92 Å². The summed E-state index contributed by atoms with van der Waals surface area (Å²) in [6.07, 6.45) is 2.18. The monoisotopic (exact) mass is 281 g/mol. The second kappa shape index (κ2) is 6.47. The van der Waals surface area contributed by atoms with E-state index in [2.05, 4.69) is 20.6 Å². The van der Waals surface area contributed by atoms with Crippen LogP contribution >= 0.6 is 0 Å². The van der Waals surface area contributed by atoms with Crippen molar-refractivity contribution in [3.63, 3.8) is 0 Å². The number of ether oxygens (including phenoxy) is 1. The minimum absolute atomic E-state index is 0.0561. The zero-order valence-corrected chi connectivity index (χ0v) is 11.6. The molecule has 2 heterocycles. The first-order chi connectivity index (χ1) is 9.61. The fraction of sp³-hybridized carbons (Fsp3) is 0.667. The summed E-state index contributed by atoms with van der Waals surface area (Å²) in [4.78, 5) is 18.7. The Morgan fingerprint density at radius 1 is 1.65 bits per heavy atom. The zero-order valence-electron chi connectivity index (χ0n) is 11.6. The highest BCUT2D eigenvalue weighted by atomic mass is 16.6. The number of nitrogens with zero attached hydrogens (tertiary/aromatic N) is 3. The van der Waals surface area contributed by atoms with Crippen molar-refractivity contribution < 1.29 is 9.66 Å². The lowest BCUT2D eigenvalue weighted by atomic mass is 10.0. The van der Waals surface area contributed by atoms with E-state index in [4.69, 9.17) is 4.74 Å². The van der Waals surface area contributed by atoms with E-state index in [-0.39, 0.29) is 17.5 Å². The van der Waals surface area contributed by atoms with E-state index in [0.717, 1.165) is 13.0 Å². The maximum atomic E-state index is 11.0. The second-order valence-corrected chi connectivity index (χ2v) is 4.77. The van der Waals surface area contributed by atoms with Gasteiger partial charge in [-0.05, 0) is 20.3 Å². The first-order valence-corrected chi connectivity index (χ1v) is 6.71. The second-order valence-electron chi connectivity index (χ2n) is 4.77. The third-order valence-electron chi connectivity index (χ3n) is 3.34. The summed E-state index contributed by atoms with van der Waals surface area (Å²) in [5.74, 6) is 0.975. The molecule has 1 aromatic rings. The van der Waals surface area contributed by atoms with Gasteiger partial charge in [-0.15, -0.1) is 0 Å². The van der Waals surface area contributed by atoms with Crippen molar-refractivity contribution in [1.82, 2.24) is 9.97 Å². The van der Waals surface area contributed by atoms with Crippen LogP contribution in [0.5, 0.6) is 0 Å². The molecule has 8 heteroatoms. The SMILES string of the molecule is CCNc1ncc([N+](=O)[O-])c(NC(C)C2CCOC2)n1. The summed E-state index contributed by atoms with van der Waals surface area (Å²) in [6.45, 7) is 5.97. The van der Waals surface area contributed by atoms with E-state index in [1.54, 1.807) is 0 Å². The Morgan fingerprint density at radius 3 is 3.05 bits per heavy atom. The minimum atomic E-state index is -0.476. The van der Waals surface area contributed by atoms with Crippen LogP contribution in [-0.2, 0) is 4.74 Å². The lowest BCUT2D eigenvalue weighted by Gasteiger charge is -2.19. The quantitative estimate of drug-likeness (QED) is 0.603. The average Bonchev–Trinajstić information content (AvgIpc) is 2.93. The van der Waals surface area contributed by atoms with Crippen LogP contribution in [0.1, 0.15) is 20.3 Å². The number of hydrogen-bond acceptors (Lipinski definition) is 7. The molecular weight excluding hydrogens is 262 g/mol. The van der Waals surface area contributed by atoms with Gasteiger partial charge in [-0.1, -0.05) is 0 Å². The normalized spacial score (nSPS) is 19.6. The topological polar surface area (TPSA) is 102 Å². The summed E-state index contributed by atoms with van der Waals surface area (Å²) >= 11 is 0. The third-order valence-corrected chi connectivity index (χ3v) is 3.34. The number of nitrogens with one attached hydrogen (secondary N) is 2. The molecule has 2 rings (SSSR count). The lowest BCUT2D eigenvalue weighted by molar-refractivity contribution is -0.384. The number of anilines is 2. The number of rotatable bonds is 6. The van der Waals surface area contributed by atoms with Crippen molar-refractivity contribution in [2.24, 2.45) is 5.92 Å². The molecule has 110 valence electrons. The van der Waals surface area contributed by atoms with Gasteiger partial charge in [0.15, 0.2) is 0 Å². The minimum Gasteiger partial charge on any atom is -0.381 e. The van der Waals surface area contributed by atoms with Gasteiger partial charge in [0.2, 0.25) is 11.8 Å². The molecule has 0 amide bonds. The van der Waals surface area contributed by atoms with Crippen LogP contribution in [0.25, 0.3) is 0 Å². The van der Waals surface area contributed by atoms with Gasteiger partial charge in [0.25, 0.3) is 0 Å². The number of hydrogen-bond donors (Lipinski definition) is 2. The molecule has 2 atom stereocenters. The Bertz CT molecular complexity index is 476. The molecule has 8 nitrogen and oxygen atoms in total. The highest BCUT2D eigenvalue weighted by Gasteiger charge is 2.25. The van der Waals surface area contributed by atoms with Crippen LogP contribution in [0.2, 0.25) is 0 Å². The highest BCUT2D eigenvalue weighted by Crippen LogP contribution is 2.26. The molecule has 1 aliphatic heterocycles. The Kier molecular flexibility index (Phi) is 4.67. The van der Waals surface area contributed by atoms with Crippen molar-refractivity contribution in [2.45, 2.75) is 26.3 Å². The summed E-state index contributed by atoms with van der Waals surface area (Å²) < 4.78 is 5.34. The maximum absolute atomic E-state index is 11.0. The largest absolute Gasteiger partial charge is 0.381 e. The van der Waals surface area contributed by atoms with E-state index in [1.165, 1.54) is 6.20 Å². The Balaban J connectivity index is 2.17. The fourth-order valence-electron chi connectivity index (χ4n) is 2.14. The predicted octanol–water partition coefficient (Wildman–Crippen LogP) is 1.65. The van der Waals surface area contributed by atoms with Gasteiger partial charge in [0, 0.05) is 25.1 Å². The molecule has 0 radical (unpaired) electrons. The van der Waals surface area contributed by atoms with Gasteiger partial charge in [-0.2, -0.15) is 4.98 Å². The zero-order chi connectivity index (χ0) is 14.5. The molecule has 0 aliphatic carbocycles. The number of nitro groups is 1. The Morgan fingerprint density at radius 2 is 2.45 bits per heavy atom. The van der Waals surface area contributed by atoms with Crippen molar-refractivity contribution in [1.29, 1.82) is 0 Å². The molecule has 0 aromatic carbocycles. The van der Waals surface area contributed by atoms with E-state index in [1.807, 2.05) is 13.8 Å². The molecule has 0 spiro atoms. The van der Waals surface area contributed by atoms with Crippen LogP contribution < -0.4 is 10.6 Å². The predicted molar refractivity (Wildman–Crippen MR) is 74.9 cm³/mol. The van der Waals surface area contributed by atoms with Gasteiger partial charge in [-0.25, -0.2) is 4.98 Å². The standard InChI is InChI=1S/C12H19N5O3/c1-3-13-12-14-6-10(17(18)19)11(16-12)15-8(2)9-4-5-20-7-9/h6,8-9H,3-5,7H2,1-2H3,(H2,13,14,15,16). The van der Waals surface area contributed by atoms with Crippen molar-refractivity contribution in [2.75, 3.05) is 30.4 Å². The molecule has 1 aliphatic rings. The Hall–Kier alpha value is -1.96. The van der Waals surface area contributed by atoms with Crippen molar-refractivity contribution in [3.05, 3.63) is 16.3 Å². The molecule has 2 N–H and O–H groups in total. The van der Waals surface area contributed by atoms with Crippen LogP contribution in [-0.4, -0.2) is 40.7 Å². The molecule has 0 saturated carbocycles. The van der Waals surface area contributed by atoms with Gasteiger partial charge < -0.3 is 15.4 Å². The van der Waals surface area contributed by atoms with Crippen LogP contribution in [0.3, 0.4) is 0 Å². The molecule has 0 bridgehead atoms. The third kappa shape index (κ3) is 3.32. The van der Waals surface area contributed by atoms with Gasteiger partial charge in [0.1, 0.15) is 6.20 Å². The summed E-state index contributed by atoms with van der Waals surface area (Å²) in [7, 11) is 0. The molecule has 1 aromatic heterocycles. The highest BCUT2D eigenvalue weighted by molar-refractivity contribution is 5.57. The van der Waals surface area contributed by atoms with Crippen molar-refractivity contribution in [3.8, 4) is 0 Å². The van der Waals surface area contributed by atoms with Gasteiger partial charge in [0.05, 0.1) is 11.5 Å². The van der Waals surface area contributed by atoms with Gasteiger partial charge in [-0.3, -0.25) is 10.1 Å². The van der Waals surface area contributed by atoms with E-state index >= 15 is 0 Å². The van der Waals surface area contributed by atoms with Crippen LogP contribution in [0, 0.1) is 16.0 Å². The first-order valence-electron chi connectivity index (χ1n) is 6.71. The van der Waals surface area contributed by atoms with Crippen molar-refractivity contribution >= 4 is 17.5 Å².